The molecule has 0 radical (unpaired) electrons. The maximum Gasteiger partial charge on any atom is 0.146 e. The fraction of sp³-hybridized carbons (Fsp3) is 0.667. The first-order valence-corrected chi connectivity index (χ1v) is 6.94. The van der Waals surface area contributed by atoms with Crippen molar-refractivity contribution in [1.29, 1.82) is 0 Å². The Morgan fingerprint density at radius 1 is 1.22 bits per heavy atom. The molecule has 1 aromatic rings. The highest BCUT2D eigenvalue weighted by Gasteiger charge is 2.28. The first-order chi connectivity index (χ1) is 8.59. The van der Waals surface area contributed by atoms with Crippen LogP contribution in [0, 0.1) is 23.6 Å². The zero-order valence-electron chi connectivity index (χ0n) is 11.3. The molecule has 1 unspecified atom stereocenters. The molecule has 1 aromatic heterocycles. The maximum atomic E-state index is 13.7. The number of halogens is 1. The lowest BCUT2D eigenvalue weighted by atomic mass is 9.73. The standard InChI is InChI=1S/C15H23FN2/c1-10(2)11-3-5-12(6-4-11)15(17)13-7-8-18-9-14(13)16/h7-12,15H,3-6,17H2,1-2H3. The smallest absolute Gasteiger partial charge is 0.146 e. The summed E-state index contributed by atoms with van der Waals surface area (Å²) in [7, 11) is 0. The molecule has 1 fully saturated rings. The van der Waals surface area contributed by atoms with E-state index < -0.39 is 0 Å². The summed E-state index contributed by atoms with van der Waals surface area (Å²) in [6, 6.07) is 1.54. The Balaban J connectivity index is 2.00. The van der Waals surface area contributed by atoms with Crippen molar-refractivity contribution < 1.29 is 4.39 Å². The molecule has 3 heteroatoms. The number of rotatable bonds is 3. The first kappa shape index (κ1) is 13.5. The highest BCUT2D eigenvalue weighted by atomic mass is 19.1. The second kappa shape index (κ2) is 5.79. The highest BCUT2D eigenvalue weighted by molar-refractivity contribution is 5.18. The van der Waals surface area contributed by atoms with Crippen LogP contribution in [-0.4, -0.2) is 4.98 Å². The van der Waals surface area contributed by atoms with Crippen LogP contribution in [0.5, 0.6) is 0 Å². The Morgan fingerprint density at radius 3 is 2.39 bits per heavy atom. The van der Waals surface area contributed by atoms with Crippen molar-refractivity contribution in [1.82, 2.24) is 4.98 Å². The predicted octanol–water partition coefficient (Wildman–Crippen LogP) is 3.68. The lowest BCUT2D eigenvalue weighted by Gasteiger charge is -2.34. The van der Waals surface area contributed by atoms with E-state index in [2.05, 4.69) is 18.8 Å². The van der Waals surface area contributed by atoms with Gasteiger partial charge in [0, 0.05) is 17.8 Å². The van der Waals surface area contributed by atoms with Gasteiger partial charge >= 0.3 is 0 Å². The molecule has 2 rings (SSSR count). The molecule has 0 saturated heterocycles. The number of hydrogen-bond acceptors (Lipinski definition) is 2. The van der Waals surface area contributed by atoms with Crippen LogP contribution in [0.1, 0.15) is 51.1 Å². The molecule has 1 heterocycles. The van der Waals surface area contributed by atoms with Gasteiger partial charge in [-0.15, -0.1) is 0 Å². The van der Waals surface area contributed by atoms with Gasteiger partial charge in [0.15, 0.2) is 0 Å². The summed E-state index contributed by atoms with van der Waals surface area (Å²) in [5.74, 6) is 1.71. The van der Waals surface area contributed by atoms with Crippen LogP contribution in [0.4, 0.5) is 4.39 Å². The fourth-order valence-corrected chi connectivity index (χ4v) is 3.08. The Morgan fingerprint density at radius 2 is 1.83 bits per heavy atom. The van der Waals surface area contributed by atoms with Crippen LogP contribution in [0.2, 0.25) is 0 Å². The number of hydrogen-bond donors (Lipinski definition) is 1. The van der Waals surface area contributed by atoms with Crippen molar-refractivity contribution in [2.45, 2.75) is 45.6 Å². The normalized spacial score (nSPS) is 26.3. The molecule has 100 valence electrons. The second-order valence-corrected chi connectivity index (χ2v) is 5.84. The van der Waals surface area contributed by atoms with E-state index in [0.29, 0.717) is 11.5 Å². The van der Waals surface area contributed by atoms with E-state index in [1.807, 2.05) is 0 Å². The Hall–Kier alpha value is -0.960. The molecule has 1 aliphatic rings. The van der Waals surface area contributed by atoms with Crippen LogP contribution < -0.4 is 5.73 Å². The third-order valence-electron chi connectivity index (χ3n) is 4.43. The third kappa shape index (κ3) is 2.89. The van der Waals surface area contributed by atoms with E-state index in [-0.39, 0.29) is 11.9 Å². The van der Waals surface area contributed by atoms with Crippen LogP contribution in [0.3, 0.4) is 0 Å². The molecule has 2 N–H and O–H groups in total. The summed E-state index contributed by atoms with van der Waals surface area (Å²) < 4.78 is 13.7. The molecule has 0 bridgehead atoms. The molecule has 18 heavy (non-hydrogen) atoms. The van der Waals surface area contributed by atoms with E-state index in [9.17, 15) is 4.39 Å². The Bertz CT molecular complexity index is 384. The van der Waals surface area contributed by atoms with E-state index in [1.54, 1.807) is 12.3 Å². The van der Waals surface area contributed by atoms with Gasteiger partial charge in [0.25, 0.3) is 0 Å². The molecule has 1 saturated carbocycles. The van der Waals surface area contributed by atoms with Crippen molar-refractivity contribution in [3.05, 3.63) is 29.8 Å². The molecule has 1 atom stereocenters. The van der Waals surface area contributed by atoms with Crippen LogP contribution in [0.15, 0.2) is 18.5 Å². The lowest BCUT2D eigenvalue weighted by molar-refractivity contribution is 0.202. The van der Waals surface area contributed by atoms with E-state index in [4.69, 9.17) is 5.73 Å². The molecular weight excluding hydrogens is 227 g/mol. The van der Waals surface area contributed by atoms with Crippen LogP contribution in [0.25, 0.3) is 0 Å². The van der Waals surface area contributed by atoms with Gasteiger partial charge in [-0.05, 0) is 49.5 Å². The summed E-state index contributed by atoms with van der Waals surface area (Å²) in [6.45, 7) is 4.57. The number of aromatic nitrogens is 1. The molecule has 0 amide bonds. The molecular formula is C15H23FN2. The SMILES string of the molecule is CC(C)C1CCC(C(N)c2ccncc2F)CC1. The molecule has 1 aliphatic carbocycles. The van der Waals surface area contributed by atoms with Crippen LogP contribution >= 0.6 is 0 Å². The van der Waals surface area contributed by atoms with Gasteiger partial charge in [-0.1, -0.05) is 13.8 Å². The summed E-state index contributed by atoms with van der Waals surface area (Å²) in [5.41, 5.74) is 6.85. The fourth-order valence-electron chi connectivity index (χ4n) is 3.08. The topological polar surface area (TPSA) is 38.9 Å². The van der Waals surface area contributed by atoms with E-state index in [0.717, 1.165) is 24.7 Å². The Labute approximate surface area is 109 Å². The third-order valence-corrected chi connectivity index (χ3v) is 4.43. The lowest BCUT2D eigenvalue weighted by Crippen LogP contribution is -2.28. The molecule has 0 spiro atoms. The number of nitrogens with two attached hydrogens (primary N) is 1. The molecule has 0 aliphatic heterocycles. The van der Waals surface area contributed by atoms with Gasteiger partial charge in [-0.3, -0.25) is 4.98 Å². The van der Waals surface area contributed by atoms with Crippen molar-refractivity contribution in [2.75, 3.05) is 0 Å². The monoisotopic (exact) mass is 250 g/mol. The Kier molecular flexibility index (Phi) is 4.33. The maximum absolute atomic E-state index is 13.7. The molecule has 2 nitrogen and oxygen atoms in total. The first-order valence-electron chi connectivity index (χ1n) is 6.94. The minimum atomic E-state index is -0.268. The number of pyridine rings is 1. The average Bonchev–Trinajstić information content (AvgIpc) is 2.38. The van der Waals surface area contributed by atoms with Gasteiger partial charge in [-0.25, -0.2) is 4.39 Å². The minimum absolute atomic E-state index is 0.180. The summed E-state index contributed by atoms with van der Waals surface area (Å²) >= 11 is 0. The van der Waals surface area contributed by atoms with Gasteiger partial charge < -0.3 is 5.73 Å². The van der Waals surface area contributed by atoms with Gasteiger partial charge in [0.1, 0.15) is 5.82 Å². The zero-order valence-corrected chi connectivity index (χ0v) is 11.3. The highest BCUT2D eigenvalue weighted by Crippen LogP contribution is 2.38. The quantitative estimate of drug-likeness (QED) is 0.888. The van der Waals surface area contributed by atoms with Crippen molar-refractivity contribution >= 4 is 0 Å². The summed E-state index contributed by atoms with van der Waals surface area (Å²) in [4.78, 5) is 3.78. The van der Waals surface area contributed by atoms with Crippen molar-refractivity contribution in [2.24, 2.45) is 23.5 Å². The van der Waals surface area contributed by atoms with Crippen LogP contribution in [-0.2, 0) is 0 Å². The van der Waals surface area contributed by atoms with Crippen molar-refractivity contribution in [3.63, 3.8) is 0 Å². The minimum Gasteiger partial charge on any atom is -0.324 e. The summed E-state index contributed by atoms with van der Waals surface area (Å²) in [6.07, 6.45) is 7.57. The second-order valence-electron chi connectivity index (χ2n) is 5.84. The van der Waals surface area contributed by atoms with Crippen molar-refractivity contribution in [3.8, 4) is 0 Å². The summed E-state index contributed by atoms with van der Waals surface area (Å²) in [5, 5.41) is 0. The number of nitrogens with zero attached hydrogens (tertiary/aromatic N) is 1. The predicted molar refractivity (Wildman–Crippen MR) is 71.4 cm³/mol. The largest absolute Gasteiger partial charge is 0.324 e. The molecule has 0 aromatic carbocycles. The zero-order chi connectivity index (χ0) is 13.1. The van der Waals surface area contributed by atoms with E-state index >= 15 is 0 Å². The van der Waals surface area contributed by atoms with Gasteiger partial charge in [-0.2, -0.15) is 0 Å². The van der Waals surface area contributed by atoms with Gasteiger partial charge in [0.2, 0.25) is 0 Å². The average molecular weight is 250 g/mol. The van der Waals surface area contributed by atoms with Gasteiger partial charge in [0.05, 0.1) is 6.20 Å². The van der Waals surface area contributed by atoms with E-state index in [1.165, 1.54) is 19.0 Å².